The van der Waals surface area contributed by atoms with E-state index in [0.717, 1.165) is 31.3 Å². The highest BCUT2D eigenvalue weighted by atomic mass is 32.2. The molecule has 0 aliphatic carbocycles. The van der Waals surface area contributed by atoms with Crippen LogP contribution >= 0.6 is 0 Å². The zero-order valence-electron chi connectivity index (χ0n) is 10.3. The van der Waals surface area contributed by atoms with E-state index in [-0.39, 0.29) is 11.0 Å². The van der Waals surface area contributed by atoms with Crippen LogP contribution in [0.5, 0.6) is 0 Å². The minimum atomic E-state index is -3.23. The van der Waals surface area contributed by atoms with Crippen molar-refractivity contribution in [2.45, 2.75) is 23.8 Å². The van der Waals surface area contributed by atoms with E-state index in [2.05, 4.69) is 0 Å². The normalized spacial score (nSPS) is 21.0. The van der Waals surface area contributed by atoms with E-state index in [1.54, 1.807) is 12.1 Å². The quantitative estimate of drug-likeness (QED) is 0.770. The van der Waals surface area contributed by atoms with Crippen LogP contribution in [0.3, 0.4) is 0 Å². The first-order chi connectivity index (χ1) is 8.38. The van der Waals surface area contributed by atoms with Gasteiger partial charge < -0.3 is 15.7 Å². The zero-order valence-corrected chi connectivity index (χ0v) is 11.2. The Bertz CT molecular complexity index is 542. The average Bonchev–Trinajstić information content (AvgIpc) is 2.27. The summed E-state index contributed by atoms with van der Waals surface area (Å²) >= 11 is 0. The van der Waals surface area contributed by atoms with Crippen LogP contribution in [-0.4, -0.2) is 39.0 Å². The van der Waals surface area contributed by atoms with Crippen LogP contribution < -0.4 is 10.6 Å². The van der Waals surface area contributed by atoms with Gasteiger partial charge >= 0.3 is 0 Å². The molecule has 0 spiro atoms. The van der Waals surface area contributed by atoms with E-state index in [4.69, 9.17) is 5.73 Å². The number of rotatable bonds is 2. The Morgan fingerprint density at radius 1 is 1.44 bits per heavy atom. The van der Waals surface area contributed by atoms with Gasteiger partial charge in [-0.3, -0.25) is 0 Å². The number of benzene rings is 1. The average molecular weight is 270 g/mol. The Balaban J connectivity index is 2.30. The Labute approximate surface area is 107 Å². The van der Waals surface area contributed by atoms with Gasteiger partial charge in [-0.2, -0.15) is 0 Å². The van der Waals surface area contributed by atoms with Gasteiger partial charge in [0, 0.05) is 19.3 Å². The van der Waals surface area contributed by atoms with Crippen molar-refractivity contribution in [3.63, 3.8) is 0 Å². The van der Waals surface area contributed by atoms with Crippen molar-refractivity contribution in [3.8, 4) is 0 Å². The Kier molecular flexibility index (Phi) is 3.49. The molecule has 1 fully saturated rings. The number of aliphatic hydroxyl groups excluding tert-OH is 1. The number of nitrogen functional groups attached to an aromatic ring is 1. The van der Waals surface area contributed by atoms with Gasteiger partial charge in [0.2, 0.25) is 0 Å². The van der Waals surface area contributed by atoms with E-state index in [9.17, 15) is 13.5 Å². The summed E-state index contributed by atoms with van der Waals surface area (Å²) in [5.74, 6) is 0. The molecule has 1 aliphatic rings. The first-order valence-electron chi connectivity index (χ1n) is 5.90. The lowest BCUT2D eigenvalue weighted by molar-refractivity contribution is 0.154. The van der Waals surface area contributed by atoms with Crippen LogP contribution in [0.2, 0.25) is 0 Å². The predicted molar refractivity (Wildman–Crippen MR) is 71.4 cm³/mol. The summed E-state index contributed by atoms with van der Waals surface area (Å²) in [4.78, 5) is 2.22. The van der Waals surface area contributed by atoms with Gasteiger partial charge in [0.05, 0.1) is 22.4 Å². The van der Waals surface area contributed by atoms with E-state index in [1.807, 2.05) is 4.90 Å². The molecule has 0 radical (unpaired) electrons. The molecule has 1 heterocycles. The van der Waals surface area contributed by atoms with Crippen LogP contribution in [0.25, 0.3) is 0 Å². The number of aliphatic hydroxyl groups is 1. The van der Waals surface area contributed by atoms with Crippen molar-refractivity contribution in [1.29, 1.82) is 0 Å². The van der Waals surface area contributed by atoms with Crippen molar-refractivity contribution >= 4 is 21.2 Å². The summed E-state index contributed by atoms with van der Waals surface area (Å²) in [6.45, 7) is 1.38. The summed E-state index contributed by atoms with van der Waals surface area (Å²) < 4.78 is 22.8. The molecule has 0 unspecified atom stereocenters. The van der Waals surface area contributed by atoms with Crippen LogP contribution in [0.1, 0.15) is 12.8 Å². The molecule has 0 amide bonds. The molecule has 5 nitrogen and oxygen atoms in total. The van der Waals surface area contributed by atoms with Gasteiger partial charge in [-0.15, -0.1) is 0 Å². The summed E-state index contributed by atoms with van der Waals surface area (Å²) in [6.07, 6.45) is 2.53. The maximum Gasteiger partial charge on any atom is 0.175 e. The molecule has 1 atom stereocenters. The number of nitrogens with zero attached hydrogens (tertiary/aromatic N) is 1. The molecule has 18 heavy (non-hydrogen) atoms. The maximum atomic E-state index is 11.4. The minimum Gasteiger partial charge on any atom is -0.397 e. The molecule has 2 rings (SSSR count). The number of nitrogens with two attached hydrogens (primary N) is 1. The van der Waals surface area contributed by atoms with Crippen LogP contribution in [0, 0.1) is 0 Å². The fourth-order valence-corrected chi connectivity index (χ4v) is 2.88. The van der Waals surface area contributed by atoms with Crippen LogP contribution in [-0.2, 0) is 9.84 Å². The summed E-state index contributed by atoms with van der Waals surface area (Å²) in [7, 11) is -3.23. The fourth-order valence-electron chi connectivity index (χ4n) is 2.22. The number of hydrogen-bond acceptors (Lipinski definition) is 5. The topological polar surface area (TPSA) is 83.6 Å². The molecule has 1 aromatic carbocycles. The number of sulfone groups is 1. The third-order valence-electron chi connectivity index (χ3n) is 3.16. The molecular weight excluding hydrogens is 252 g/mol. The molecule has 0 bridgehead atoms. The molecule has 0 saturated carbocycles. The molecule has 1 saturated heterocycles. The van der Waals surface area contributed by atoms with E-state index >= 15 is 0 Å². The van der Waals surface area contributed by atoms with Gasteiger partial charge in [-0.1, -0.05) is 0 Å². The largest absolute Gasteiger partial charge is 0.397 e. The van der Waals surface area contributed by atoms with E-state index in [0.29, 0.717) is 12.2 Å². The van der Waals surface area contributed by atoms with Crippen molar-refractivity contribution in [1.82, 2.24) is 0 Å². The van der Waals surface area contributed by atoms with Gasteiger partial charge in [-0.25, -0.2) is 8.42 Å². The minimum absolute atomic E-state index is 0.223. The summed E-state index contributed by atoms with van der Waals surface area (Å²) in [5.41, 5.74) is 7.14. The Hall–Kier alpha value is -1.27. The van der Waals surface area contributed by atoms with Crippen LogP contribution in [0.4, 0.5) is 11.4 Å². The van der Waals surface area contributed by atoms with Gasteiger partial charge in [-0.05, 0) is 31.0 Å². The second-order valence-corrected chi connectivity index (χ2v) is 6.75. The van der Waals surface area contributed by atoms with Gasteiger partial charge in [0.25, 0.3) is 0 Å². The Morgan fingerprint density at radius 2 is 2.17 bits per heavy atom. The molecule has 1 aliphatic heterocycles. The maximum absolute atomic E-state index is 11.4. The molecule has 1 aromatic rings. The number of piperidine rings is 1. The van der Waals surface area contributed by atoms with Gasteiger partial charge in [0.15, 0.2) is 9.84 Å². The standard InChI is InChI=1S/C12H18N2O3S/c1-18(16,17)10-4-5-12(11(13)7-10)14-6-2-3-9(15)8-14/h4-5,7,9,15H,2-3,6,8,13H2,1H3/t9-/m0/s1. The Morgan fingerprint density at radius 3 is 2.72 bits per heavy atom. The lowest BCUT2D eigenvalue weighted by Crippen LogP contribution is -2.38. The number of hydrogen-bond donors (Lipinski definition) is 2. The number of β-amino-alcohol motifs (C(OH)–C–C–N with tert-alkyl or cyclic N) is 1. The highest BCUT2D eigenvalue weighted by Gasteiger charge is 2.20. The molecule has 100 valence electrons. The molecular formula is C12H18N2O3S. The third-order valence-corrected chi connectivity index (χ3v) is 4.27. The smallest absolute Gasteiger partial charge is 0.175 e. The molecule has 6 heteroatoms. The van der Waals surface area contributed by atoms with Crippen molar-refractivity contribution in [2.75, 3.05) is 30.0 Å². The first kappa shape index (κ1) is 13.2. The van der Waals surface area contributed by atoms with Crippen LogP contribution in [0.15, 0.2) is 23.1 Å². The summed E-state index contributed by atoms with van der Waals surface area (Å²) in [5, 5.41) is 9.64. The van der Waals surface area contributed by atoms with Gasteiger partial charge in [0.1, 0.15) is 0 Å². The highest BCUT2D eigenvalue weighted by Crippen LogP contribution is 2.28. The number of anilines is 2. The lowest BCUT2D eigenvalue weighted by atomic mass is 10.1. The molecule has 0 aromatic heterocycles. The second-order valence-electron chi connectivity index (χ2n) is 4.73. The van der Waals surface area contributed by atoms with Crippen molar-refractivity contribution in [2.24, 2.45) is 0 Å². The third kappa shape index (κ3) is 2.76. The van der Waals surface area contributed by atoms with E-state index in [1.165, 1.54) is 6.07 Å². The fraction of sp³-hybridized carbons (Fsp3) is 0.500. The zero-order chi connectivity index (χ0) is 13.3. The molecule has 3 N–H and O–H groups in total. The lowest BCUT2D eigenvalue weighted by Gasteiger charge is -2.32. The monoisotopic (exact) mass is 270 g/mol. The predicted octanol–water partition coefficient (Wildman–Crippen LogP) is 0.633. The first-order valence-corrected chi connectivity index (χ1v) is 7.79. The van der Waals surface area contributed by atoms with E-state index < -0.39 is 9.84 Å². The summed E-state index contributed by atoms with van der Waals surface area (Å²) in [6, 6.07) is 4.75. The van der Waals surface area contributed by atoms with Crippen molar-refractivity contribution in [3.05, 3.63) is 18.2 Å². The van der Waals surface area contributed by atoms with Crippen molar-refractivity contribution < 1.29 is 13.5 Å². The second kappa shape index (κ2) is 4.78. The SMILES string of the molecule is CS(=O)(=O)c1ccc(N2CCC[C@H](O)C2)c(N)c1. The highest BCUT2D eigenvalue weighted by molar-refractivity contribution is 7.90.